The second kappa shape index (κ2) is 6.33. The van der Waals surface area contributed by atoms with Gasteiger partial charge in [0.25, 0.3) is 0 Å². The standard InChI is InChI=1S/C17H22N4/c1-14-18-9-8-16(19-14)12-21-11-10-20(2)17(13-21)15-6-4-3-5-7-15/h3-9,17H,10-13H2,1-2H3/t17-/m1/s1. The van der Waals surface area contributed by atoms with Crippen molar-refractivity contribution in [1.29, 1.82) is 0 Å². The van der Waals surface area contributed by atoms with Crippen LogP contribution in [0.5, 0.6) is 0 Å². The minimum absolute atomic E-state index is 0.461. The van der Waals surface area contributed by atoms with Crippen LogP contribution in [0.25, 0.3) is 0 Å². The summed E-state index contributed by atoms with van der Waals surface area (Å²) in [4.78, 5) is 13.6. The number of aromatic nitrogens is 2. The molecule has 2 heterocycles. The molecule has 1 fully saturated rings. The van der Waals surface area contributed by atoms with Crippen molar-refractivity contribution in [3.8, 4) is 0 Å². The van der Waals surface area contributed by atoms with Gasteiger partial charge in [-0.3, -0.25) is 9.80 Å². The average molecular weight is 282 g/mol. The Labute approximate surface area is 126 Å². The van der Waals surface area contributed by atoms with Crippen LogP contribution in [0.2, 0.25) is 0 Å². The van der Waals surface area contributed by atoms with E-state index in [0.29, 0.717) is 6.04 Å². The molecule has 1 atom stereocenters. The van der Waals surface area contributed by atoms with Crippen molar-refractivity contribution in [3.63, 3.8) is 0 Å². The highest BCUT2D eigenvalue weighted by Crippen LogP contribution is 2.24. The van der Waals surface area contributed by atoms with Crippen LogP contribution >= 0.6 is 0 Å². The molecule has 21 heavy (non-hydrogen) atoms. The number of likely N-dealkylation sites (N-methyl/N-ethyl adjacent to an activating group) is 1. The first-order valence-corrected chi connectivity index (χ1v) is 7.48. The molecule has 1 aliphatic heterocycles. The van der Waals surface area contributed by atoms with Crippen molar-refractivity contribution in [3.05, 3.63) is 59.7 Å². The Morgan fingerprint density at radius 2 is 1.95 bits per heavy atom. The van der Waals surface area contributed by atoms with Crippen LogP contribution in [0.1, 0.15) is 23.1 Å². The Balaban J connectivity index is 1.71. The van der Waals surface area contributed by atoms with Crippen molar-refractivity contribution in [2.75, 3.05) is 26.7 Å². The second-order valence-corrected chi connectivity index (χ2v) is 5.74. The third-order valence-electron chi connectivity index (χ3n) is 4.14. The maximum absolute atomic E-state index is 4.52. The van der Waals surface area contributed by atoms with Gasteiger partial charge in [-0.2, -0.15) is 0 Å². The van der Waals surface area contributed by atoms with E-state index in [2.05, 4.69) is 57.1 Å². The Hall–Kier alpha value is -1.78. The van der Waals surface area contributed by atoms with Gasteiger partial charge in [0.1, 0.15) is 5.82 Å². The van der Waals surface area contributed by atoms with Crippen LogP contribution in [0.15, 0.2) is 42.6 Å². The number of benzene rings is 1. The SMILES string of the molecule is Cc1nccc(CN2CCN(C)[C@@H](c3ccccc3)C2)n1. The lowest BCUT2D eigenvalue weighted by atomic mass is 10.0. The predicted molar refractivity (Wildman–Crippen MR) is 83.9 cm³/mol. The summed E-state index contributed by atoms with van der Waals surface area (Å²) in [5, 5.41) is 0. The highest BCUT2D eigenvalue weighted by molar-refractivity contribution is 5.20. The third kappa shape index (κ3) is 3.46. The zero-order valence-corrected chi connectivity index (χ0v) is 12.7. The number of nitrogens with zero attached hydrogens (tertiary/aromatic N) is 4. The van der Waals surface area contributed by atoms with E-state index < -0.39 is 0 Å². The first kappa shape index (κ1) is 14.2. The van der Waals surface area contributed by atoms with Crippen molar-refractivity contribution in [1.82, 2.24) is 19.8 Å². The molecule has 2 aromatic rings. The maximum atomic E-state index is 4.52. The lowest BCUT2D eigenvalue weighted by Crippen LogP contribution is -2.46. The molecule has 1 aromatic heterocycles. The summed E-state index contributed by atoms with van der Waals surface area (Å²) in [6.07, 6.45) is 1.85. The van der Waals surface area contributed by atoms with Crippen molar-refractivity contribution >= 4 is 0 Å². The smallest absolute Gasteiger partial charge is 0.125 e. The molecule has 0 saturated carbocycles. The minimum atomic E-state index is 0.461. The van der Waals surface area contributed by atoms with E-state index in [0.717, 1.165) is 37.7 Å². The van der Waals surface area contributed by atoms with E-state index in [4.69, 9.17) is 0 Å². The zero-order chi connectivity index (χ0) is 14.7. The summed E-state index contributed by atoms with van der Waals surface area (Å²) < 4.78 is 0. The molecule has 0 aliphatic carbocycles. The summed E-state index contributed by atoms with van der Waals surface area (Å²) in [6, 6.07) is 13.2. The number of aryl methyl sites for hydroxylation is 1. The molecule has 4 heteroatoms. The molecule has 0 bridgehead atoms. The van der Waals surface area contributed by atoms with E-state index in [1.807, 2.05) is 19.2 Å². The maximum Gasteiger partial charge on any atom is 0.125 e. The molecule has 110 valence electrons. The first-order valence-electron chi connectivity index (χ1n) is 7.48. The van der Waals surface area contributed by atoms with Gasteiger partial charge in [-0.1, -0.05) is 30.3 Å². The molecular formula is C17H22N4. The van der Waals surface area contributed by atoms with Gasteiger partial charge in [0.05, 0.1) is 5.69 Å². The third-order valence-corrected chi connectivity index (χ3v) is 4.14. The van der Waals surface area contributed by atoms with Crippen molar-refractivity contribution < 1.29 is 0 Å². The van der Waals surface area contributed by atoms with E-state index in [1.165, 1.54) is 5.56 Å². The van der Waals surface area contributed by atoms with Gasteiger partial charge in [-0.05, 0) is 25.6 Å². The van der Waals surface area contributed by atoms with Crippen LogP contribution in [-0.2, 0) is 6.54 Å². The first-order chi connectivity index (χ1) is 10.2. The predicted octanol–water partition coefficient (Wildman–Crippen LogP) is 2.27. The molecule has 0 radical (unpaired) electrons. The van der Waals surface area contributed by atoms with Gasteiger partial charge in [-0.25, -0.2) is 9.97 Å². The topological polar surface area (TPSA) is 32.3 Å². The number of hydrogen-bond acceptors (Lipinski definition) is 4. The van der Waals surface area contributed by atoms with E-state index in [-0.39, 0.29) is 0 Å². The largest absolute Gasteiger partial charge is 0.297 e. The van der Waals surface area contributed by atoms with Crippen LogP contribution in [0.3, 0.4) is 0 Å². The van der Waals surface area contributed by atoms with Crippen molar-refractivity contribution in [2.24, 2.45) is 0 Å². The van der Waals surface area contributed by atoms with Crippen LogP contribution < -0.4 is 0 Å². The quantitative estimate of drug-likeness (QED) is 0.864. The normalized spacial score (nSPS) is 20.6. The summed E-state index contributed by atoms with van der Waals surface area (Å²) in [6.45, 7) is 6.07. The number of rotatable bonds is 3. The van der Waals surface area contributed by atoms with Gasteiger partial charge in [0.2, 0.25) is 0 Å². The molecule has 3 rings (SSSR count). The lowest BCUT2D eigenvalue weighted by molar-refractivity contribution is 0.0895. The summed E-state index contributed by atoms with van der Waals surface area (Å²) in [7, 11) is 2.21. The lowest BCUT2D eigenvalue weighted by Gasteiger charge is -2.39. The van der Waals surface area contributed by atoms with Crippen LogP contribution in [-0.4, -0.2) is 46.4 Å². The molecule has 0 unspecified atom stereocenters. The average Bonchev–Trinajstić information content (AvgIpc) is 2.50. The van der Waals surface area contributed by atoms with E-state index >= 15 is 0 Å². The van der Waals surface area contributed by atoms with Gasteiger partial charge in [-0.15, -0.1) is 0 Å². The van der Waals surface area contributed by atoms with Crippen molar-refractivity contribution in [2.45, 2.75) is 19.5 Å². The van der Waals surface area contributed by atoms with Gasteiger partial charge in [0.15, 0.2) is 0 Å². The van der Waals surface area contributed by atoms with Crippen LogP contribution in [0.4, 0.5) is 0 Å². The fourth-order valence-electron chi connectivity index (χ4n) is 2.93. The fourth-order valence-corrected chi connectivity index (χ4v) is 2.93. The number of piperazine rings is 1. The Bertz CT molecular complexity index is 584. The molecule has 1 aliphatic rings. The highest BCUT2D eigenvalue weighted by Gasteiger charge is 2.25. The minimum Gasteiger partial charge on any atom is -0.297 e. The van der Waals surface area contributed by atoms with Gasteiger partial charge >= 0.3 is 0 Å². The van der Waals surface area contributed by atoms with E-state index in [1.54, 1.807) is 0 Å². The van der Waals surface area contributed by atoms with Gasteiger partial charge in [0, 0.05) is 38.4 Å². The molecular weight excluding hydrogens is 260 g/mol. The molecule has 1 saturated heterocycles. The Kier molecular flexibility index (Phi) is 4.27. The Morgan fingerprint density at radius 3 is 2.71 bits per heavy atom. The Morgan fingerprint density at radius 1 is 1.14 bits per heavy atom. The molecule has 4 nitrogen and oxygen atoms in total. The summed E-state index contributed by atoms with van der Waals surface area (Å²) in [5.74, 6) is 0.848. The highest BCUT2D eigenvalue weighted by atomic mass is 15.3. The molecule has 0 spiro atoms. The summed E-state index contributed by atoms with van der Waals surface area (Å²) in [5.41, 5.74) is 2.50. The molecule has 0 amide bonds. The van der Waals surface area contributed by atoms with E-state index in [9.17, 15) is 0 Å². The number of hydrogen-bond donors (Lipinski definition) is 0. The summed E-state index contributed by atoms with van der Waals surface area (Å²) >= 11 is 0. The second-order valence-electron chi connectivity index (χ2n) is 5.74. The monoisotopic (exact) mass is 282 g/mol. The van der Waals surface area contributed by atoms with Gasteiger partial charge < -0.3 is 0 Å². The zero-order valence-electron chi connectivity index (χ0n) is 12.7. The molecule has 1 aromatic carbocycles. The molecule has 0 N–H and O–H groups in total. The fraction of sp³-hybridized carbons (Fsp3) is 0.412. The van der Waals surface area contributed by atoms with Crippen LogP contribution in [0, 0.1) is 6.92 Å².